The Kier molecular flexibility index (Phi) is 4.35. The highest BCUT2D eigenvalue weighted by Crippen LogP contribution is 2.06. The first kappa shape index (κ1) is 11.5. The number of hydrogen-bond acceptors (Lipinski definition) is 3. The van der Waals surface area contributed by atoms with E-state index in [1.807, 2.05) is 11.7 Å². The van der Waals surface area contributed by atoms with Gasteiger partial charge >= 0.3 is 0 Å². The number of halogens is 1. The van der Waals surface area contributed by atoms with E-state index in [0.29, 0.717) is 11.9 Å². The average Bonchev–Trinajstić information content (AvgIpc) is 2.52. The van der Waals surface area contributed by atoms with Crippen LogP contribution in [0.15, 0.2) is 6.33 Å². The smallest absolute Gasteiger partial charge is 0.141 e. The van der Waals surface area contributed by atoms with Gasteiger partial charge < -0.3 is 0 Å². The monoisotopic (exact) mass is 216 g/mol. The molecule has 0 amide bonds. The molecule has 0 aliphatic carbocycles. The second-order valence-electron chi connectivity index (χ2n) is 3.64. The zero-order valence-electron chi connectivity index (χ0n) is 8.94. The number of hydrogen-bond donors (Lipinski definition) is 0. The summed E-state index contributed by atoms with van der Waals surface area (Å²) < 4.78 is 1.94. The lowest BCUT2D eigenvalue weighted by atomic mass is 10.4. The molecular weight excluding hydrogens is 200 g/mol. The van der Waals surface area contributed by atoms with Gasteiger partial charge in [-0.25, -0.2) is 9.67 Å². The average molecular weight is 217 g/mol. The van der Waals surface area contributed by atoms with Gasteiger partial charge in [-0.15, -0.1) is 11.6 Å². The van der Waals surface area contributed by atoms with E-state index < -0.39 is 0 Å². The minimum Gasteiger partial charge on any atom is -0.298 e. The van der Waals surface area contributed by atoms with Crippen LogP contribution in [0.3, 0.4) is 0 Å². The summed E-state index contributed by atoms with van der Waals surface area (Å²) in [7, 11) is 2.03. The summed E-state index contributed by atoms with van der Waals surface area (Å²) in [5.74, 6) is 1.64. The second kappa shape index (κ2) is 5.32. The molecule has 1 rings (SSSR count). The van der Waals surface area contributed by atoms with Crippen LogP contribution >= 0.6 is 11.6 Å². The van der Waals surface area contributed by atoms with E-state index in [1.165, 1.54) is 0 Å². The maximum atomic E-state index is 5.65. The standard InChI is InChI=1S/C9H17ClN4/c1-8(2)14-9(11-7-12-14)6-13(3)5-4-10/h7-8H,4-6H2,1-3H3. The van der Waals surface area contributed by atoms with Crippen LogP contribution in [-0.4, -0.2) is 39.1 Å². The first-order valence-corrected chi connectivity index (χ1v) is 5.31. The van der Waals surface area contributed by atoms with Crippen molar-refractivity contribution in [2.45, 2.75) is 26.4 Å². The molecule has 1 heterocycles. The molecule has 0 fully saturated rings. The first-order chi connectivity index (χ1) is 6.65. The largest absolute Gasteiger partial charge is 0.298 e. The maximum Gasteiger partial charge on any atom is 0.141 e. The van der Waals surface area contributed by atoms with Crippen molar-refractivity contribution in [3.8, 4) is 0 Å². The third kappa shape index (κ3) is 2.96. The van der Waals surface area contributed by atoms with E-state index in [-0.39, 0.29) is 0 Å². The van der Waals surface area contributed by atoms with Gasteiger partial charge in [0.05, 0.1) is 6.54 Å². The van der Waals surface area contributed by atoms with Crippen molar-refractivity contribution in [2.75, 3.05) is 19.5 Å². The van der Waals surface area contributed by atoms with Crippen LogP contribution in [0.5, 0.6) is 0 Å². The molecule has 0 saturated heterocycles. The van der Waals surface area contributed by atoms with E-state index >= 15 is 0 Å². The molecule has 0 radical (unpaired) electrons. The molecule has 0 aromatic carbocycles. The Morgan fingerprint density at radius 2 is 2.29 bits per heavy atom. The van der Waals surface area contributed by atoms with Gasteiger partial charge in [0, 0.05) is 18.5 Å². The van der Waals surface area contributed by atoms with Crippen LogP contribution in [0.4, 0.5) is 0 Å². The summed E-state index contributed by atoms with van der Waals surface area (Å²) in [6.45, 7) is 5.86. The van der Waals surface area contributed by atoms with E-state index in [2.05, 4.69) is 28.8 Å². The minimum atomic E-state index is 0.358. The lowest BCUT2D eigenvalue weighted by molar-refractivity contribution is 0.323. The van der Waals surface area contributed by atoms with Gasteiger partial charge in [0.1, 0.15) is 12.2 Å². The summed E-state index contributed by atoms with van der Waals surface area (Å²) in [6, 6.07) is 0.358. The third-order valence-corrected chi connectivity index (χ3v) is 2.18. The molecule has 4 nitrogen and oxygen atoms in total. The van der Waals surface area contributed by atoms with E-state index in [9.17, 15) is 0 Å². The molecule has 80 valence electrons. The fraction of sp³-hybridized carbons (Fsp3) is 0.778. The predicted molar refractivity (Wildman–Crippen MR) is 57.5 cm³/mol. The topological polar surface area (TPSA) is 34.0 Å². The third-order valence-electron chi connectivity index (χ3n) is 2.01. The van der Waals surface area contributed by atoms with Gasteiger partial charge in [0.15, 0.2) is 0 Å². The number of rotatable bonds is 5. The highest BCUT2D eigenvalue weighted by molar-refractivity contribution is 6.18. The summed E-state index contributed by atoms with van der Waals surface area (Å²) in [4.78, 5) is 6.36. The lowest BCUT2D eigenvalue weighted by Gasteiger charge is -2.16. The Morgan fingerprint density at radius 3 is 2.86 bits per heavy atom. The van der Waals surface area contributed by atoms with Crippen LogP contribution in [0, 0.1) is 0 Å². The molecule has 0 unspecified atom stereocenters. The lowest BCUT2D eigenvalue weighted by Crippen LogP contribution is -2.23. The van der Waals surface area contributed by atoms with Gasteiger partial charge in [0.2, 0.25) is 0 Å². The quantitative estimate of drug-likeness (QED) is 0.701. The van der Waals surface area contributed by atoms with E-state index in [4.69, 9.17) is 11.6 Å². The number of nitrogens with zero attached hydrogens (tertiary/aromatic N) is 4. The van der Waals surface area contributed by atoms with Gasteiger partial charge in [-0.05, 0) is 20.9 Å². The van der Waals surface area contributed by atoms with Crippen molar-refractivity contribution in [3.05, 3.63) is 12.2 Å². The Hall–Kier alpha value is -0.610. The minimum absolute atomic E-state index is 0.358. The molecule has 5 heteroatoms. The Balaban J connectivity index is 2.61. The Bertz CT molecular complexity index is 272. The molecule has 14 heavy (non-hydrogen) atoms. The predicted octanol–water partition coefficient (Wildman–Crippen LogP) is 1.53. The fourth-order valence-electron chi connectivity index (χ4n) is 1.28. The number of aromatic nitrogens is 3. The van der Waals surface area contributed by atoms with E-state index in [1.54, 1.807) is 6.33 Å². The molecular formula is C9H17ClN4. The van der Waals surface area contributed by atoms with Crippen LogP contribution < -0.4 is 0 Å². The van der Waals surface area contributed by atoms with Crippen molar-refractivity contribution < 1.29 is 0 Å². The molecule has 0 bridgehead atoms. The van der Waals surface area contributed by atoms with Crippen molar-refractivity contribution in [1.82, 2.24) is 19.7 Å². The van der Waals surface area contributed by atoms with Crippen LogP contribution in [-0.2, 0) is 6.54 Å². The highest BCUT2D eigenvalue weighted by Gasteiger charge is 2.09. The number of alkyl halides is 1. The first-order valence-electron chi connectivity index (χ1n) is 4.78. The normalized spacial score (nSPS) is 11.6. The van der Waals surface area contributed by atoms with E-state index in [0.717, 1.165) is 18.9 Å². The van der Waals surface area contributed by atoms with Crippen molar-refractivity contribution in [2.24, 2.45) is 0 Å². The molecule has 0 N–H and O–H groups in total. The summed E-state index contributed by atoms with van der Waals surface area (Å²) in [5.41, 5.74) is 0. The summed E-state index contributed by atoms with van der Waals surface area (Å²) in [5, 5.41) is 4.17. The van der Waals surface area contributed by atoms with Gasteiger partial charge in [-0.2, -0.15) is 5.10 Å². The van der Waals surface area contributed by atoms with Crippen LogP contribution in [0.2, 0.25) is 0 Å². The van der Waals surface area contributed by atoms with Crippen molar-refractivity contribution in [3.63, 3.8) is 0 Å². The highest BCUT2D eigenvalue weighted by atomic mass is 35.5. The molecule has 0 aliphatic rings. The molecule has 0 spiro atoms. The van der Waals surface area contributed by atoms with Gasteiger partial charge in [-0.3, -0.25) is 4.90 Å². The SMILES string of the molecule is CC(C)n1ncnc1CN(C)CCCl. The van der Waals surface area contributed by atoms with Crippen molar-refractivity contribution in [1.29, 1.82) is 0 Å². The Labute approximate surface area is 89.9 Å². The summed E-state index contributed by atoms with van der Waals surface area (Å²) >= 11 is 5.65. The Morgan fingerprint density at radius 1 is 1.57 bits per heavy atom. The molecule has 0 atom stereocenters. The fourth-order valence-corrected chi connectivity index (χ4v) is 1.57. The van der Waals surface area contributed by atoms with Crippen molar-refractivity contribution >= 4 is 11.6 Å². The zero-order chi connectivity index (χ0) is 10.6. The second-order valence-corrected chi connectivity index (χ2v) is 4.02. The molecule has 0 saturated carbocycles. The molecule has 1 aromatic heterocycles. The van der Waals surface area contributed by atoms with Crippen LogP contribution in [0.1, 0.15) is 25.7 Å². The van der Waals surface area contributed by atoms with Gasteiger partial charge in [0.25, 0.3) is 0 Å². The maximum absolute atomic E-state index is 5.65. The zero-order valence-corrected chi connectivity index (χ0v) is 9.70. The summed E-state index contributed by atoms with van der Waals surface area (Å²) in [6.07, 6.45) is 1.60. The molecule has 0 aliphatic heterocycles. The van der Waals surface area contributed by atoms with Gasteiger partial charge in [-0.1, -0.05) is 0 Å². The molecule has 1 aromatic rings. The van der Waals surface area contributed by atoms with Crippen LogP contribution in [0.25, 0.3) is 0 Å².